The Morgan fingerprint density at radius 3 is 2.58 bits per heavy atom. The molecule has 0 aromatic heterocycles. The highest BCUT2D eigenvalue weighted by Crippen LogP contribution is 2.50. The topological polar surface area (TPSA) is 108 Å². The van der Waals surface area contributed by atoms with Gasteiger partial charge in [-0.3, -0.25) is 10.2 Å². The number of carbonyl (C=O) groups is 1. The van der Waals surface area contributed by atoms with Crippen LogP contribution in [0.25, 0.3) is 0 Å². The SMILES string of the molecule is O=C(NO)N1CC2=CN=C3C=CCCC23C[C@H]1S(=O)(=O)c1ccc(Oc2ccccc2)cc1. The minimum Gasteiger partial charge on any atom is -0.457 e. The highest BCUT2D eigenvalue weighted by Gasteiger charge is 2.53. The van der Waals surface area contributed by atoms with E-state index in [1.165, 1.54) is 12.1 Å². The summed E-state index contributed by atoms with van der Waals surface area (Å²) in [7, 11) is -3.96. The van der Waals surface area contributed by atoms with Crippen LogP contribution in [-0.4, -0.2) is 42.2 Å². The molecule has 0 radical (unpaired) electrons. The standard InChI is InChI=1S/C24H23N3O5S/c28-23(26-29)27-16-17-15-25-21-8-4-5-13-24(17,21)14-22(27)33(30,31)20-11-9-19(10-12-20)32-18-6-2-1-3-7-18/h1-4,6-12,15,22,29H,5,13-14,16H2,(H,26,28)/t22-,24?/m1/s1. The Kier molecular flexibility index (Phi) is 5.30. The largest absolute Gasteiger partial charge is 0.457 e. The number of sulfone groups is 1. The van der Waals surface area contributed by atoms with Gasteiger partial charge in [-0.05, 0) is 67.3 Å². The summed E-state index contributed by atoms with van der Waals surface area (Å²) in [6.07, 6.45) is 7.41. The van der Waals surface area contributed by atoms with Crippen LogP contribution >= 0.6 is 0 Å². The number of para-hydroxylation sites is 1. The van der Waals surface area contributed by atoms with Crippen LogP contribution in [0, 0.1) is 5.41 Å². The van der Waals surface area contributed by atoms with Gasteiger partial charge in [-0.1, -0.05) is 24.3 Å². The summed E-state index contributed by atoms with van der Waals surface area (Å²) in [6, 6.07) is 14.5. The van der Waals surface area contributed by atoms with Crippen LogP contribution in [0.4, 0.5) is 4.79 Å². The average molecular weight is 466 g/mol. The smallest absolute Gasteiger partial charge is 0.342 e. The number of carbonyl (C=O) groups excluding carboxylic acids is 1. The molecule has 9 heteroatoms. The second-order valence-corrected chi connectivity index (χ2v) is 10.4. The Labute approximate surface area is 191 Å². The zero-order valence-corrected chi connectivity index (χ0v) is 18.5. The molecule has 5 rings (SSSR count). The van der Waals surface area contributed by atoms with Crippen molar-refractivity contribution in [2.75, 3.05) is 6.54 Å². The molecule has 2 aliphatic heterocycles. The lowest BCUT2D eigenvalue weighted by molar-refractivity contribution is 0.113. The van der Waals surface area contributed by atoms with E-state index in [2.05, 4.69) is 4.99 Å². The Balaban J connectivity index is 1.47. The van der Waals surface area contributed by atoms with Gasteiger partial charge in [-0.25, -0.2) is 18.7 Å². The number of amides is 2. The van der Waals surface area contributed by atoms with Crippen LogP contribution in [0.1, 0.15) is 19.3 Å². The average Bonchev–Trinajstić information content (AvgIpc) is 3.22. The van der Waals surface area contributed by atoms with E-state index in [0.29, 0.717) is 11.5 Å². The van der Waals surface area contributed by atoms with Crippen LogP contribution < -0.4 is 10.2 Å². The van der Waals surface area contributed by atoms with Gasteiger partial charge < -0.3 is 9.64 Å². The Bertz CT molecular complexity index is 1270. The minimum atomic E-state index is -3.96. The monoisotopic (exact) mass is 465 g/mol. The number of likely N-dealkylation sites (tertiary alicyclic amines) is 1. The number of nitrogens with zero attached hydrogens (tertiary/aromatic N) is 2. The predicted octanol–water partition coefficient (Wildman–Crippen LogP) is 4.06. The first-order valence-corrected chi connectivity index (χ1v) is 12.2. The second kappa shape index (κ2) is 8.17. The van der Waals surface area contributed by atoms with E-state index >= 15 is 0 Å². The van der Waals surface area contributed by atoms with Crippen LogP contribution in [0.15, 0.2) is 88.4 Å². The molecule has 1 saturated heterocycles. The molecule has 2 heterocycles. The first kappa shape index (κ1) is 21.4. The fraction of sp³-hybridized carbons (Fsp3) is 0.250. The van der Waals surface area contributed by atoms with Crippen molar-refractivity contribution in [1.82, 2.24) is 10.4 Å². The Morgan fingerprint density at radius 1 is 1.12 bits per heavy atom. The maximum atomic E-state index is 13.7. The van der Waals surface area contributed by atoms with Crippen molar-refractivity contribution in [3.63, 3.8) is 0 Å². The molecule has 3 aliphatic rings. The van der Waals surface area contributed by atoms with E-state index in [1.807, 2.05) is 42.5 Å². The summed E-state index contributed by atoms with van der Waals surface area (Å²) in [6.45, 7) is 0.0757. The second-order valence-electron chi connectivity index (χ2n) is 8.33. The number of urea groups is 1. The fourth-order valence-electron chi connectivity index (χ4n) is 4.82. The van der Waals surface area contributed by atoms with Gasteiger partial charge in [-0.15, -0.1) is 0 Å². The molecule has 170 valence electrons. The maximum absolute atomic E-state index is 13.7. The van der Waals surface area contributed by atoms with Crippen LogP contribution in [-0.2, 0) is 9.84 Å². The summed E-state index contributed by atoms with van der Waals surface area (Å²) in [5.41, 5.74) is 2.82. The number of hydroxylamine groups is 1. The van der Waals surface area contributed by atoms with Gasteiger partial charge >= 0.3 is 6.03 Å². The Morgan fingerprint density at radius 2 is 1.85 bits per heavy atom. The van der Waals surface area contributed by atoms with Crippen molar-refractivity contribution in [1.29, 1.82) is 0 Å². The highest BCUT2D eigenvalue weighted by atomic mass is 32.2. The molecule has 2 aromatic carbocycles. The molecule has 0 bridgehead atoms. The summed E-state index contributed by atoms with van der Waals surface area (Å²) in [5, 5.41) is 8.12. The van der Waals surface area contributed by atoms with Crippen LogP contribution in [0.2, 0.25) is 0 Å². The zero-order valence-electron chi connectivity index (χ0n) is 17.7. The van der Waals surface area contributed by atoms with Crippen LogP contribution in [0.5, 0.6) is 11.5 Å². The number of piperidine rings is 1. The first-order valence-electron chi connectivity index (χ1n) is 10.7. The number of hydrogen-bond acceptors (Lipinski definition) is 6. The Hall–Kier alpha value is -3.43. The molecule has 8 nitrogen and oxygen atoms in total. The lowest BCUT2D eigenvalue weighted by Gasteiger charge is -2.46. The van der Waals surface area contributed by atoms with E-state index in [4.69, 9.17) is 4.74 Å². The third kappa shape index (κ3) is 3.63. The lowest BCUT2D eigenvalue weighted by Crippen LogP contribution is -2.57. The quantitative estimate of drug-likeness (QED) is 0.523. The zero-order chi connectivity index (χ0) is 23.1. The minimum absolute atomic E-state index is 0.0757. The van der Waals surface area contributed by atoms with Crippen LogP contribution in [0.3, 0.4) is 0 Å². The fourth-order valence-corrected chi connectivity index (χ4v) is 6.66. The van der Waals surface area contributed by atoms with Crippen molar-refractivity contribution >= 4 is 21.6 Å². The molecular formula is C24H23N3O5S. The molecule has 1 fully saturated rings. The van der Waals surface area contributed by atoms with Gasteiger partial charge in [0.15, 0.2) is 9.84 Å². The van der Waals surface area contributed by atoms with Gasteiger partial charge in [0.05, 0.1) is 10.6 Å². The first-order chi connectivity index (χ1) is 15.9. The molecule has 2 amide bonds. The van der Waals surface area contributed by atoms with Gasteiger partial charge in [0.25, 0.3) is 0 Å². The van der Waals surface area contributed by atoms with Crippen molar-refractivity contribution in [3.05, 3.63) is 78.5 Å². The summed E-state index contributed by atoms with van der Waals surface area (Å²) in [4.78, 5) is 18.2. The molecule has 2 atom stereocenters. The number of nitrogens with one attached hydrogen (secondary N) is 1. The molecular weight excluding hydrogens is 442 g/mol. The third-order valence-electron chi connectivity index (χ3n) is 6.54. The van der Waals surface area contributed by atoms with E-state index < -0.39 is 26.7 Å². The molecule has 2 aromatic rings. The number of ether oxygens (including phenoxy) is 1. The van der Waals surface area contributed by atoms with E-state index in [-0.39, 0.29) is 17.9 Å². The summed E-state index contributed by atoms with van der Waals surface area (Å²) >= 11 is 0. The molecule has 1 spiro atoms. The number of hydrogen-bond donors (Lipinski definition) is 2. The maximum Gasteiger partial charge on any atom is 0.342 e. The van der Waals surface area contributed by atoms with Gasteiger partial charge in [0.2, 0.25) is 0 Å². The molecule has 0 saturated carbocycles. The number of allylic oxidation sites excluding steroid dienone is 2. The van der Waals surface area contributed by atoms with Crippen molar-refractivity contribution in [2.45, 2.75) is 29.5 Å². The van der Waals surface area contributed by atoms with E-state index in [9.17, 15) is 18.4 Å². The number of benzene rings is 2. The molecule has 33 heavy (non-hydrogen) atoms. The number of rotatable bonds is 4. The molecule has 1 aliphatic carbocycles. The normalized spacial score (nSPS) is 23.8. The van der Waals surface area contributed by atoms with Gasteiger partial charge in [-0.2, -0.15) is 0 Å². The van der Waals surface area contributed by atoms with Crippen molar-refractivity contribution < 1.29 is 23.2 Å². The van der Waals surface area contributed by atoms with Crippen molar-refractivity contribution in [3.8, 4) is 11.5 Å². The summed E-state index contributed by atoms with van der Waals surface area (Å²) in [5.74, 6) is 1.14. The van der Waals surface area contributed by atoms with E-state index in [1.54, 1.807) is 23.8 Å². The number of aliphatic imine (C=N–C) groups is 1. The lowest BCUT2D eigenvalue weighted by atomic mass is 9.67. The predicted molar refractivity (Wildman–Crippen MR) is 122 cm³/mol. The van der Waals surface area contributed by atoms with Gasteiger partial charge in [0, 0.05) is 18.2 Å². The summed E-state index contributed by atoms with van der Waals surface area (Å²) < 4.78 is 33.2. The molecule has 1 unspecified atom stereocenters. The van der Waals surface area contributed by atoms with Gasteiger partial charge in [0.1, 0.15) is 16.9 Å². The van der Waals surface area contributed by atoms with Crippen molar-refractivity contribution in [2.24, 2.45) is 10.4 Å². The van der Waals surface area contributed by atoms with E-state index in [0.717, 1.165) is 29.0 Å². The molecule has 2 N–H and O–H groups in total. The highest BCUT2D eigenvalue weighted by molar-refractivity contribution is 7.92. The third-order valence-corrected chi connectivity index (χ3v) is 8.60.